The van der Waals surface area contributed by atoms with Crippen LogP contribution in [0.25, 0.3) is 0 Å². The van der Waals surface area contributed by atoms with Crippen LogP contribution < -0.4 is 0 Å². The lowest BCUT2D eigenvalue weighted by atomic mass is 10.2. The van der Waals surface area contributed by atoms with Crippen molar-refractivity contribution in [1.82, 2.24) is 4.90 Å². The molecule has 0 aromatic heterocycles. The molecular formula is C12H21NO3. The lowest BCUT2D eigenvalue weighted by Crippen LogP contribution is -2.44. The van der Waals surface area contributed by atoms with Crippen molar-refractivity contribution in [2.75, 3.05) is 13.2 Å². The Morgan fingerprint density at radius 1 is 1.31 bits per heavy atom. The molecule has 16 heavy (non-hydrogen) atoms. The van der Waals surface area contributed by atoms with Crippen molar-refractivity contribution in [1.29, 1.82) is 0 Å². The number of carbonyl (C=O) groups is 2. The van der Waals surface area contributed by atoms with E-state index in [9.17, 15) is 9.59 Å². The van der Waals surface area contributed by atoms with Gasteiger partial charge in [-0.05, 0) is 33.3 Å². The van der Waals surface area contributed by atoms with Gasteiger partial charge in [0.1, 0.15) is 6.04 Å². The topological polar surface area (TPSA) is 46.6 Å². The van der Waals surface area contributed by atoms with E-state index in [1.807, 2.05) is 13.8 Å². The highest BCUT2D eigenvalue weighted by Crippen LogP contribution is 2.07. The Morgan fingerprint density at radius 2 is 1.94 bits per heavy atom. The van der Waals surface area contributed by atoms with Crippen LogP contribution in [0.2, 0.25) is 0 Å². The van der Waals surface area contributed by atoms with Crippen LogP contribution in [0, 0.1) is 0 Å². The maximum atomic E-state index is 11.7. The van der Waals surface area contributed by atoms with E-state index in [0.717, 1.165) is 0 Å². The van der Waals surface area contributed by atoms with Gasteiger partial charge in [0.25, 0.3) is 0 Å². The molecule has 0 aliphatic rings. The first kappa shape index (κ1) is 14.7. The molecule has 0 fully saturated rings. The van der Waals surface area contributed by atoms with E-state index in [1.165, 1.54) is 11.0 Å². The van der Waals surface area contributed by atoms with Crippen molar-refractivity contribution in [3.05, 3.63) is 12.2 Å². The summed E-state index contributed by atoms with van der Waals surface area (Å²) in [6, 6.07) is -0.478. The number of carbonyl (C=O) groups excluding carboxylic acids is 2. The van der Waals surface area contributed by atoms with Crippen LogP contribution >= 0.6 is 0 Å². The number of rotatable bonds is 6. The number of ether oxygens (including phenoxy) is 1. The number of nitrogens with zero attached hydrogens (tertiary/aromatic N) is 1. The standard InChI is InChI=1S/C12H21NO3/c1-5-9-11(14)13(7-3)10(6-2)12(15)16-8-4/h5,9-10H,6-8H2,1-4H3/b9-5+/t10-/m0/s1. The maximum absolute atomic E-state index is 11.7. The number of hydrogen-bond acceptors (Lipinski definition) is 3. The van der Waals surface area contributed by atoms with E-state index in [0.29, 0.717) is 19.6 Å². The molecule has 0 rings (SSSR count). The summed E-state index contributed by atoms with van der Waals surface area (Å²) in [4.78, 5) is 24.9. The van der Waals surface area contributed by atoms with Crippen LogP contribution in [-0.2, 0) is 14.3 Å². The predicted octanol–water partition coefficient (Wildman–Crippen LogP) is 1.75. The Morgan fingerprint density at radius 3 is 2.31 bits per heavy atom. The lowest BCUT2D eigenvalue weighted by molar-refractivity contribution is -0.153. The minimum absolute atomic E-state index is 0.148. The highest BCUT2D eigenvalue weighted by atomic mass is 16.5. The summed E-state index contributed by atoms with van der Waals surface area (Å²) in [6.07, 6.45) is 3.70. The Kier molecular flexibility index (Phi) is 7.25. The van der Waals surface area contributed by atoms with Gasteiger partial charge in [-0.1, -0.05) is 13.0 Å². The van der Waals surface area contributed by atoms with Crippen molar-refractivity contribution in [2.24, 2.45) is 0 Å². The normalized spacial score (nSPS) is 12.5. The van der Waals surface area contributed by atoms with Crippen molar-refractivity contribution < 1.29 is 14.3 Å². The van der Waals surface area contributed by atoms with E-state index in [-0.39, 0.29) is 11.9 Å². The predicted molar refractivity (Wildman–Crippen MR) is 62.9 cm³/mol. The zero-order chi connectivity index (χ0) is 12.6. The molecule has 0 aliphatic heterocycles. The molecule has 0 aromatic carbocycles. The minimum Gasteiger partial charge on any atom is -0.464 e. The number of hydrogen-bond donors (Lipinski definition) is 0. The Balaban J connectivity index is 4.74. The van der Waals surface area contributed by atoms with Gasteiger partial charge in [0.15, 0.2) is 0 Å². The fraction of sp³-hybridized carbons (Fsp3) is 0.667. The molecule has 0 bridgehead atoms. The third kappa shape index (κ3) is 4.04. The first-order valence-electron chi connectivity index (χ1n) is 5.72. The third-order valence-corrected chi connectivity index (χ3v) is 2.25. The van der Waals surface area contributed by atoms with Crippen LogP contribution in [0.15, 0.2) is 12.2 Å². The summed E-state index contributed by atoms with van der Waals surface area (Å²) in [5, 5.41) is 0. The van der Waals surface area contributed by atoms with Crippen molar-refractivity contribution >= 4 is 11.9 Å². The Hall–Kier alpha value is -1.32. The SMILES string of the molecule is C/C=C/C(=O)N(CC)[C@@H](CC)C(=O)OCC. The molecule has 92 valence electrons. The molecule has 4 nitrogen and oxygen atoms in total. The van der Waals surface area contributed by atoms with E-state index in [4.69, 9.17) is 4.74 Å². The second kappa shape index (κ2) is 7.91. The fourth-order valence-electron chi connectivity index (χ4n) is 1.52. The van der Waals surface area contributed by atoms with Crippen LogP contribution in [0.4, 0.5) is 0 Å². The summed E-state index contributed by atoms with van der Waals surface area (Å²) in [5.41, 5.74) is 0. The monoisotopic (exact) mass is 227 g/mol. The Labute approximate surface area is 97.3 Å². The zero-order valence-corrected chi connectivity index (χ0v) is 10.5. The van der Waals surface area contributed by atoms with Crippen molar-refractivity contribution in [2.45, 2.75) is 40.2 Å². The molecule has 0 radical (unpaired) electrons. The fourth-order valence-corrected chi connectivity index (χ4v) is 1.52. The average Bonchev–Trinajstić information content (AvgIpc) is 2.25. The van der Waals surface area contributed by atoms with E-state index >= 15 is 0 Å². The lowest BCUT2D eigenvalue weighted by Gasteiger charge is -2.27. The summed E-state index contributed by atoms with van der Waals surface area (Å²) in [6.45, 7) is 8.09. The van der Waals surface area contributed by atoms with E-state index < -0.39 is 6.04 Å². The van der Waals surface area contributed by atoms with Gasteiger partial charge in [-0.2, -0.15) is 0 Å². The molecule has 0 spiro atoms. The van der Waals surface area contributed by atoms with Gasteiger partial charge in [0.2, 0.25) is 5.91 Å². The van der Waals surface area contributed by atoms with Crippen molar-refractivity contribution in [3.63, 3.8) is 0 Å². The summed E-state index contributed by atoms with van der Waals surface area (Å²) in [7, 11) is 0. The molecule has 0 N–H and O–H groups in total. The molecular weight excluding hydrogens is 206 g/mol. The van der Waals surface area contributed by atoms with Crippen molar-refractivity contribution in [3.8, 4) is 0 Å². The van der Waals surface area contributed by atoms with E-state index in [2.05, 4.69) is 0 Å². The van der Waals surface area contributed by atoms with Gasteiger partial charge in [0, 0.05) is 6.54 Å². The molecule has 0 unspecified atom stereocenters. The third-order valence-electron chi connectivity index (χ3n) is 2.25. The van der Waals surface area contributed by atoms with Crippen LogP contribution in [0.3, 0.4) is 0 Å². The number of esters is 1. The highest BCUT2D eigenvalue weighted by Gasteiger charge is 2.26. The largest absolute Gasteiger partial charge is 0.464 e. The van der Waals surface area contributed by atoms with Gasteiger partial charge >= 0.3 is 5.97 Å². The summed E-state index contributed by atoms with van der Waals surface area (Å²) < 4.78 is 4.95. The molecule has 4 heteroatoms. The molecule has 1 amide bonds. The second-order valence-corrected chi connectivity index (χ2v) is 3.30. The van der Waals surface area contributed by atoms with Gasteiger partial charge < -0.3 is 9.64 Å². The van der Waals surface area contributed by atoms with Crippen LogP contribution in [-0.4, -0.2) is 36.0 Å². The minimum atomic E-state index is -0.478. The average molecular weight is 227 g/mol. The van der Waals surface area contributed by atoms with Gasteiger partial charge in [-0.3, -0.25) is 4.79 Å². The van der Waals surface area contributed by atoms with E-state index in [1.54, 1.807) is 19.9 Å². The number of likely N-dealkylation sites (N-methyl/N-ethyl adjacent to an activating group) is 1. The molecule has 0 heterocycles. The molecule has 0 aromatic rings. The molecule has 0 saturated carbocycles. The first-order valence-corrected chi connectivity index (χ1v) is 5.72. The highest BCUT2D eigenvalue weighted by molar-refractivity contribution is 5.91. The van der Waals surface area contributed by atoms with Crippen LogP contribution in [0.1, 0.15) is 34.1 Å². The summed E-state index contributed by atoms with van der Waals surface area (Å²) in [5.74, 6) is -0.477. The second-order valence-electron chi connectivity index (χ2n) is 3.30. The molecule has 0 saturated heterocycles. The van der Waals surface area contributed by atoms with Gasteiger partial charge in [-0.25, -0.2) is 4.79 Å². The first-order chi connectivity index (χ1) is 7.62. The smallest absolute Gasteiger partial charge is 0.328 e. The number of allylic oxidation sites excluding steroid dienone is 1. The quantitative estimate of drug-likeness (QED) is 0.513. The Bertz CT molecular complexity index is 261. The van der Waals surface area contributed by atoms with Crippen LogP contribution in [0.5, 0.6) is 0 Å². The molecule has 0 aliphatic carbocycles. The zero-order valence-electron chi connectivity index (χ0n) is 10.5. The molecule has 1 atom stereocenters. The maximum Gasteiger partial charge on any atom is 0.328 e. The van der Waals surface area contributed by atoms with Gasteiger partial charge in [-0.15, -0.1) is 0 Å². The van der Waals surface area contributed by atoms with Gasteiger partial charge in [0.05, 0.1) is 6.61 Å². The summed E-state index contributed by atoms with van der Waals surface area (Å²) >= 11 is 0. The number of amides is 1.